The van der Waals surface area contributed by atoms with Crippen molar-refractivity contribution in [3.63, 3.8) is 0 Å². The third-order valence-corrected chi connectivity index (χ3v) is 2.54. The number of aromatic nitrogens is 1. The molecule has 0 bridgehead atoms. The predicted molar refractivity (Wildman–Crippen MR) is 73.1 cm³/mol. The van der Waals surface area contributed by atoms with E-state index in [1.807, 2.05) is 0 Å². The van der Waals surface area contributed by atoms with Crippen LogP contribution in [-0.2, 0) is 0 Å². The minimum Gasteiger partial charge on any atom is -0.478 e. The molecule has 1 rings (SSSR count). The van der Waals surface area contributed by atoms with Crippen molar-refractivity contribution >= 4 is 11.7 Å². The molecule has 4 nitrogen and oxygen atoms in total. The van der Waals surface area contributed by atoms with Crippen LogP contribution >= 0.6 is 0 Å². The van der Waals surface area contributed by atoms with E-state index in [0.717, 1.165) is 18.8 Å². The molecule has 0 unspecified atom stereocenters. The van der Waals surface area contributed by atoms with Crippen molar-refractivity contribution in [3.05, 3.63) is 24.0 Å². The van der Waals surface area contributed by atoms with Gasteiger partial charge in [-0.05, 0) is 17.9 Å². The van der Waals surface area contributed by atoms with Crippen LogP contribution in [0.3, 0.4) is 0 Å². The maximum Gasteiger partial charge on any atom is 0.339 e. The quantitative estimate of drug-likeness (QED) is 0.843. The minimum atomic E-state index is -0.921. The number of carboxylic acid groups (broad SMARTS) is 1. The van der Waals surface area contributed by atoms with Gasteiger partial charge in [-0.1, -0.05) is 27.7 Å². The van der Waals surface area contributed by atoms with Gasteiger partial charge in [-0.3, -0.25) is 4.98 Å². The first-order valence-corrected chi connectivity index (χ1v) is 6.34. The fraction of sp³-hybridized carbons (Fsp3) is 0.571. The van der Waals surface area contributed by atoms with E-state index in [4.69, 9.17) is 0 Å². The van der Waals surface area contributed by atoms with Gasteiger partial charge in [0.15, 0.2) is 0 Å². The molecule has 1 N–H and O–H groups in total. The summed E-state index contributed by atoms with van der Waals surface area (Å²) in [5.74, 6) is 0.0488. The van der Waals surface area contributed by atoms with Gasteiger partial charge in [0, 0.05) is 25.5 Å². The van der Waals surface area contributed by atoms with Crippen LogP contribution < -0.4 is 4.90 Å². The molecule has 1 aromatic heterocycles. The summed E-state index contributed by atoms with van der Waals surface area (Å²) in [6.45, 7) is 10.2. The van der Waals surface area contributed by atoms with Crippen LogP contribution in [-0.4, -0.2) is 29.1 Å². The number of carbonyl (C=O) groups is 1. The minimum absolute atomic E-state index is 0.277. The monoisotopic (exact) mass is 250 g/mol. The molecule has 100 valence electrons. The molecule has 0 aliphatic heterocycles. The lowest BCUT2D eigenvalue weighted by Gasteiger charge is -2.29. The number of pyridine rings is 1. The smallest absolute Gasteiger partial charge is 0.339 e. The zero-order chi connectivity index (χ0) is 13.7. The third kappa shape index (κ3) is 4.02. The fourth-order valence-electron chi connectivity index (χ4n) is 1.98. The van der Waals surface area contributed by atoms with Gasteiger partial charge < -0.3 is 10.0 Å². The maximum absolute atomic E-state index is 11.2. The van der Waals surface area contributed by atoms with Crippen molar-refractivity contribution in [3.8, 4) is 0 Å². The van der Waals surface area contributed by atoms with Crippen molar-refractivity contribution < 1.29 is 9.90 Å². The zero-order valence-electron chi connectivity index (χ0n) is 11.6. The van der Waals surface area contributed by atoms with Crippen LogP contribution in [0, 0.1) is 11.8 Å². The number of aromatic carboxylic acids is 1. The van der Waals surface area contributed by atoms with Crippen LogP contribution in [0.15, 0.2) is 18.5 Å². The van der Waals surface area contributed by atoms with Crippen molar-refractivity contribution in [1.82, 2.24) is 4.98 Å². The van der Waals surface area contributed by atoms with E-state index in [1.54, 1.807) is 12.3 Å². The Labute approximate surface area is 109 Å². The second-order valence-electron chi connectivity index (χ2n) is 5.39. The second-order valence-corrected chi connectivity index (χ2v) is 5.39. The lowest BCUT2D eigenvalue weighted by atomic mass is 10.1. The molecule has 0 radical (unpaired) electrons. The van der Waals surface area contributed by atoms with Gasteiger partial charge in [0.05, 0.1) is 5.69 Å². The summed E-state index contributed by atoms with van der Waals surface area (Å²) in [5.41, 5.74) is 1.04. The normalized spacial score (nSPS) is 11.0. The summed E-state index contributed by atoms with van der Waals surface area (Å²) in [6, 6.07) is 1.79. The number of nitrogens with zero attached hydrogens (tertiary/aromatic N) is 2. The number of hydrogen-bond donors (Lipinski definition) is 1. The third-order valence-electron chi connectivity index (χ3n) is 2.54. The highest BCUT2D eigenvalue weighted by Crippen LogP contribution is 2.21. The summed E-state index contributed by atoms with van der Waals surface area (Å²) < 4.78 is 0. The molecule has 0 aliphatic rings. The average Bonchev–Trinajstić information content (AvgIpc) is 2.26. The van der Waals surface area contributed by atoms with Gasteiger partial charge >= 0.3 is 5.97 Å². The van der Waals surface area contributed by atoms with E-state index in [9.17, 15) is 9.90 Å². The maximum atomic E-state index is 11.2. The Bertz CT molecular complexity index is 393. The molecule has 0 fully saturated rings. The molecule has 0 aliphatic carbocycles. The Balaban J connectivity index is 3.07. The molecule has 18 heavy (non-hydrogen) atoms. The van der Waals surface area contributed by atoms with Gasteiger partial charge in [-0.25, -0.2) is 4.79 Å². The Morgan fingerprint density at radius 3 is 2.28 bits per heavy atom. The Kier molecular flexibility index (Phi) is 5.13. The van der Waals surface area contributed by atoms with Gasteiger partial charge in [-0.15, -0.1) is 0 Å². The Morgan fingerprint density at radius 1 is 1.28 bits per heavy atom. The van der Waals surface area contributed by atoms with Crippen LogP contribution in [0.25, 0.3) is 0 Å². The highest BCUT2D eigenvalue weighted by atomic mass is 16.4. The second kappa shape index (κ2) is 6.38. The Hall–Kier alpha value is -1.58. The molecule has 4 heteroatoms. The molecule has 1 aromatic rings. The van der Waals surface area contributed by atoms with Crippen molar-refractivity contribution in [2.75, 3.05) is 18.0 Å². The predicted octanol–water partition coefficient (Wildman–Crippen LogP) is 2.90. The van der Waals surface area contributed by atoms with Crippen LogP contribution in [0.5, 0.6) is 0 Å². The molecule has 1 heterocycles. The topological polar surface area (TPSA) is 53.4 Å². The summed E-state index contributed by atoms with van der Waals surface area (Å²) in [4.78, 5) is 17.3. The first kappa shape index (κ1) is 14.5. The van der Waals surface area contributed by atoms with Crippen molar-refractivity contribution in [2.24, 2.45) is 11.8 Å². The van der Waals surface area contributed by atoms with Crippen molar-refractivity contribution in [2.45, 2.75) is 27.7 Å². The number of rotatable bonds is 6. The molecule has 0 saturated heterocycles. The molecular formula is C14H22N2O2. The van der Waals surface area contributed by atoms with Gasteiger partial charge in [0.2, 0.25) is 0 Å². The molecule has 0 spiro atoms. The number of hydrogen-bond acceptors (Lipinski definition) is 3. The first-order chi connectivity index (χ1) is 8.41. The SMILES string of the molecule is CC(C)CN(CC(C)C)c1ccncc1C(=O)O. The van der Waals surface area contributed by atoms with Gasteiger partial charge in [0.1, 0.15) is 5.56 Å². The lowest BCUT2D eigenvalue weighted by molar-refractivity contribution is 0.0697. The highest BCUT2D eigenvalue weighted by molar-refractivity contribution is 5.94. The Morgan fingerprint density at radius 2 is 1.83 bits per heavy atom. The van der Waals surface area contributed by atoms with E-state index in [0.29, 0.717) is 11.8 Å². The van der Waals surface area contributed by atoms with E-state index in [2.05, 4.69) is 37.6 Å². The standard InChI is InChI=1S/C14H22N2O2/c1-10(2)8-16(9-11(3)4)13-5-6-15-7-12(13)14(17)18/h5-7,10-11H,8-9H2,1-4H3,(H,17,18). The zero-order valence-corrected chi connectivity index (χ0v) is 11.6. The van der Waals surface area contributed by atoms with E-state index >= 15 is 0 Å². The van der Waals surface area contributed by atoms with E-state index in [-0.39, 0.29) is 5.56 Å². The van der Waals surface area contributed by atoms with Crippen LogP contribution in [0.2, 0.25) is 0 Å². The molecule has 0 saturated carbocycles. The lowest BCUT2D eigenvalue weighted by Crippen LogP contribution is -2.32. The van der Waals surface area contributed by atoms with Crippen LogP contribution in [0.1, 0.15) is 38.1 Å². The van der Waals surface area contributed by atoms with Crippen molar-refractivity contribution in [1.29, 1.82) is 0 Å². The van der Waals surface area contributed by atoms with E-state index in [1.165, 1.54) is 6.20 Å². The summed E-state index contributed by atoms with van der Waals surface area (Å²) >= 11 is 0. The molecule has 0 aromatic carbocycles. The largest absolute Gasteiger partial charge is 0.478 e. The summed E-state index contributed by atoms with van der Waals surface area (Å²) in [6.07, 6.45) is 3.07. The fourth-order valence-corrected chi connectivity index (χ4v) is 1.98. The van der Waals surface area contributed by atoms with Gasteiger partial charge in [0.25, 0.3) is 0 Å². The first-order valence-electron chi connectivity index (χ1n) is 6.34. The van der Waals surface area contributed by atoms with E-state index < -0.39 is 5.97 Å². The number of anilines is 1. The molecule has 0 amide bonds. The summed E-state index contributed by atoms with van der Waals surface area (Å²) in [5, 5.41) is 9.22. The van der Waals surface area contributed by atoms with Crippen LogP contribution in [0.4, 0.5) is 5.69 Å². The van der Waals surface area contributed by atoms with Gasteiger partial charge in [-0.2, -0.15) is 0 Å². The molecular weight excluding hydrogens is 228 g/mol. The molecule has 0 atom stereocenters. The average molecular weight is 250 g/mol. The highest BCUT2D eigenvalue weighted by Gasteiger charge is 2.17. The number of carboxylic acids is 1. The summed E-state index contributed by atoms with van der Waals surface area (Å²) in [7, 11) is 0.